The second kappa shape index (κ2) is 11.7. The number of alkyl halides is 4. The standard InChI is InChI=1S/C31H47F4N5O/c1-18-13-21(6-9-26(18)32)27(20-4-5-20)38-29(41)23-15-19(17-39-11-12-40(30(39)36)24-7-8-24)14-22(16-23)25-3-2-10-37-28(25)31(33,34)35/h11-12,18-28,36-37H,2-10,13-17H2,1H3,(H,38,41)/t18?,19?,21?,22?,23?,25?,26?,27-,28?/m0/s1. The molecular weight excluding hydrogens is 534 g/mol. The molecule has 5 aliphatic rings. The predicted molar refractivity (Wildman–Crippen MR) is 147 cm³/mol. The molecule has 9 atom stereocenters. The topological polar surface area (TPSA) is 74.8 Å². The number of carbonyl (C=O) groups excluding carboxylic acids is 1. The molecule has 1 aromatic rings. The number of halogens is 4. The average molecular weight is 582 g/mol. The zero-order valence-corrected chi connectivity index (χ0v) is 24.2. The molecule has 1 saturated heterocycles. The van der Waals surface area contributed by atoms with E-state index < -0.39 is 24.3 Å². The van der Waals surface area contributed by atoms with Gasteiger partial charge in [-0.1, -0.05) is 6.92 Å². The minimum Gasteiger partial charge on any atom is -0.353 e. The summed E-state index contributed by atoms with van der Waals surface area (Å²) in [5.74, 6) is -0.383. The second-order valence-electron chi connectivity index (χ2n) is 14.2. The number of imidazole rings is 1. The first-order valence-electron chi connectivity index (χ1n) is 16.1. The van der Waals surface area contributed by atoms with E-state index in [9.17, 15) is 22.4 Å². The Balaban J connectivity index is 1.20. The highest BCUT2D eigenvalue weighted by atomic mass is 19.4. The highest BCUT2D eigenvalue weighted by Gasteiger charge is 2.50. The molecule has 41 heavy (non-hydrogen) atoms. The second-order valence-corrected chi connectivity index (χ2v) is 14.2. The van der Waals surface area contributed by atoms with E-state index in [0.29, 0.717) is 69.2 Å². The van der Waals surface area contributed by atoms with Crippen molar-refractivity contribution in [2.45, 2.75) is 121 Å². The van der Waals surface area contributed by atoms with Crippen LogP contribution in [0.15, 0.2) is 12.4 Å². The first-order chi connectivity index (χ1) is 19.6. The first-order valence-corrected chi connectivity index (χ1v) is 16.1. The Labute approximate surface area is 240 Å². The smallest absolute Gasteiger partial charge is 0.353 e. The highest BCUT2D eigenvalue weighted by molar-refractivity contribution is 5.79. The summed E-state index contributed by atoms with van der Waals surface area (Å²) in [4.78, 5) is 13.9. The van der Waals surface area contributed by atoms with Crippen LogP contribution in [0.25, 0.3) is 0 Å². The number of nitrogens with zero attached hydrogens (tertiary/aromatic N) is 2. The highest BCUT2D eigenvalue weighted by Crippen LogP contribution is 2.46. The van der Waals surface area contributed by atoms with Crippen LogP contribution in [-0.4, -0.2) is 46.0 Å². The van der Waals surface area contributed by atoms with E-state index in [0.717, 1.165) is 38.5 Å². The number of piperidine rings is 1. The Morgan fingerprint density at radius 3 is 2.49 bits per heavy atom. The third kappa shape index (κ3) is 6.57. The van der Waals surface area contributed by atoms with Gasteiger partial charge in [0.05, 0.1) is 0 Å². The summed E-state index contributed by atoms with van der Waals surface area (Å²) in [7, 11) is 0. The number of hydrogen-bond acceptors (Lipinski definition) is 3. The number of aromatic nitrogens is 2. The lowest BCUT2D eigenvalue weighted by molar-refractivity contribution is -0.179. The van der Waals surface area contributed by atoms with Crippen molar-refractivity contribution in [2.75, 3.05) is 6.54 Å². The van der Waals surface area contributed by atoms with Gasteiger partial charge in [0.25, 0.3) is 0 Å². The van der Waals surface area contributed by atoms with Crippen molar-refractivity contribution in [3.05, 3.63) is 18.0 Å². The average Bonchev–Trinajstić information content (AvgIpc) is 3.88. The van der Waals surface area contributed by atoms with E-state index in [1.54, 1.807) is 0 Å². The minimum absolute atomic E-state index is 0.00696. The van der Waals surface area contributed by atoms with Crippen LogP contribution in [0.1, 0.15) is 90.0 Å². The van der Waals surface area contributed by atoms with Crippen LogP contribution >= 0.6 is 0 Å². The van der Waals surface area contributed by atoms with Crippen molar-refractivity contribution in [3.8, 4) is 0 Å². The lowest BCUT2D eigenvalue weighted by Crippen LogP contribution is -2.54. The molecule has 6 nitrogen and oxygen atoms in total. The number of carbonyl (C=O) groups is 1. The molecule has 0 radical (unpaired) electrons. The van der Waals surface area contributed by atoms with Crippen molar-refractivity contribution < 1.29 is 22.4 Å². The number of nitrogens with one attached hydrogen (secondary N) is 3. The molecule has 5 fully saturated rings. The van der Waals surface area contributed by atoms with Gasteiger partial charge in [-0.15, -0.1) is 0 Å². The van der Waals surface area contributed by atoms with Gasteiger partial charge in [0, 0.05) is 36.9 Å². The third-order valence-electron chi connectivity index (χ3n) is 11.0. The van der Waals surface area contributed by atoms with Gasteiger partial charge in [0.2, 0.25) is 11.5 Å². The Kier molecular flexibility index (Phi) is 8.33. The maximum atomic E-state index is 14.2. The number of rotatable bonds is 8. The van der Waals surface area contributed by atoms with Gasteiger partial charge < -0.3 is 19.8 Å². The maximum absolute atomic E-state index is 14.2. The third-order valence-corrected chi connectivity index (χ3v) is 11.0. The van der Waals surface area contributed by atoms with E-state index in [1.807, 2.05) is 28.5 Å². The van der Waals surface area contributed by atoms with Gasteiger partial charge in [0.15, 0.2) is 0 Å². The molecule has 1 aliphatic heterocycles. The van der Waals surface area contributed by atoms with Gasteiger partial charge in [-0.3, -0.25) is 10.2 Å². The SMILES string of the molecule is CC1CC([C@@H](NC(=O)C2CC(Cn3ccn(C4CC4)c3=N)CC(C3CCCNC3C(F)(F)F)C2)C2CC2)CCC1F. The van der Waals surface area contributed by atoms with E-state index >= 15 is 0 Å². The normalized spacial score (nSPS) is 37.5. The molecule has 0 bridgehead atoms. The molecule has 4 saturated carbocycles. The molecule has 4 aliphatic carbocycles. The summed E-state index contributed by atoms with van der Waals surface area (Å²) in [6.07, 6.45) is 8.18. The fourth-order valence-electron chi connectivity index (χ4n) is 8.58. The maximum Gasteiger partial charge on any atom is 0.404 e. The number of hydrogen-bond donors (Lipinski definition) is 3. The van der Waals surface area contributed by atoms with Crippen LogP contribution in [-0.2, 0) is 11.3 Å². The van der Waals surface area contributed by atoms with Crippen LogP contribution in [0.3, 0.4) is 0 Å². The van der Waals surface area contributed by atoms with Crippen molar-refractivity contribution in [3.63, 3.8) is 0 Å². The zero-order chi connectivity index (χ0) is 28.9. The molecule has 10 heteroatoms. The van der Waals surface area contributed by atoms with E-state index in [1.165, 1.54) is 0 Å². The fourth-order valence-corrected chi connectivity index (χ4v) is 8.58. The van der Waals surface area contributed by atoms with E-state index in [-0.39, 0.29) is 41.5 Å². The van der Waals surface area contributed by atoms with Crippen LogP contribution in [0, 0.1) is 46.8 Å². The van der Waals surface area contributed by atoms with Crippen LogP contribution in [0.2, 0.25) is 0 Å². The summed E-state index contributed by atoms with van der Waals surface area (Å²) in [5.41, 5.74) is 0.439. The largest absolute Gasteiger partial charge is 0.404 e. The molecule has 3 N–H and O–H groups in total. The number of amides is 1. The van der Waals surface area contributed by atoms with Gasteiger partial charge in [-0.05, 0) is 119 Å². The molecule has 0 aromatic carbocycles. The summed E-state index contributed by atoms with van der Waals surface area (Å²) in [6, 6.07) is -1.11. The lowest BCUT2D eigenvalue weighted by Gasteiger charge is -2.44. The molecule has 8 unspecified atom stereocenters. The molecule has 6 rings (SSSR count). The summed E-state index contributed by atoms with van der Waals surface area (Å²) >= 11 is 0. The lowest BCUT2D eigenvalue weighted by atomic mass is 9.66. The molecule has 1 amide bonds. The van der Waals surface area contributed by atoms with Crippen molar-refractivity contribution in [1.82, 2.24) is 19.8 Å². The van der Waals surface area contributed by atoms with E-state index in [2.05, 4.69) is 10.6 Å². The molecule has 0 spiro atoms. The van der Waals surface area contributed by atoms with Crippen molar-refractivity contribution in [2.24, 2.45) is 41.4 Å². The molecule has 230 valence electrons. The van der Waals surface area contributed by atoms with Gasteiger partial charge in [-0.2, -0.15) is 13.2 Å². The monoisotopic (exact) mass is 581 g/mol. The van der Waals surface area contributed by atoms with Crippen molar-refractivity contribution >= 4 is 5.91 Å². The first kappa shape index (κ1) is 29.2. The Hall–Kier alpha value is -1.84. The summed E-state index contributed by atoms with van der Waals surface area (Å²) in [5, 5.41) is 14.8. The Bertz CT molecular complexity index is 1120. The van der Waals surface area contributed by atoms with Gasteiger partial charge in [0.1, 0.15) is 12.2 Å². The zero-order valence-electron chi connectivity index (χ0n) is 24.2. The van der Waals surface area contributed by atoms with Crippen LogP contribution in [0.4, 0.5) is 17.6 Å². The predicted octanol–water partition coefficient (Wildman–Crippen LogP) is 5.74. The minimum atomic E-state index is -4.32. The van der Waals surface area contributed by atoms with Crippen LogP contribution in [0.5, 0.6) is 0 Å². The quantitative estimate of drug-likeness (QED) is 0.343. The molecular formula is C31H47F4N5O. The summed E-state index contributed by atoms with van der Waals surface area (Å²) < 4.78 is 60.5. The van der Waals surface area contributed by atoms with Gasteiger partial charge in [-0.25, -0.2) is 4.39 Å². The Morgan fingerprint density at radius 2 is 1.80 bits per heavy atom. The van der Waals surface area contributed by atoms with E-state index in [4.69, 9.17) is 5.41 Å². The molecule has 1 aromatic heterocycles. The van der Waals surface area contributed by atoms with Crippen molar-refractivity contribution in [1.29, 1.82) is 5.41 Å². The van der Waals surface area contributed by atoms with Gasteiger partial charge >= 0.3 is 6.18 Å². The van der Waals surface area contributed by atoms with Crippen LogP contribution < -0.4 is 16.3 Å². The molecule has 2 heterocycles. The Morgan fingerprint density at radius 1 is 1.05 bits per heavy atom. The summed E-state index contributed by atoms with van der Waals surface area (Å²) in [6.45, 7) is 2.89. The fraction of sp³-hybridized carbons (Fsp3) is 0.871.